The summed E-state index contributed by atoms with van der Waals surface area (Å²) < 4.78 is 0. The van der Waals surface area contributed by atoms with E-state index in [0.717, 1.165) is 6.54 Å². The van der Waals surface area contributed by atoms with Gasteiger partial charge < -0.3 is 20.2 Å². The van der Waals surface area contributed by atoms with Crippen molar-refractivity contribution in [2.45, 2.75) is 39.3 Å². The number of likely N-dealkylation sites (N-methyl/N-ethyl adjacent to an activating group) is 1. The average Bonchev–Trinajstić information content (AvgIpc) is 2.31. The number of hydrogen-bond donors (Lipinski definition) is 2. The van der Waals surface area contributed by atoms with Crippen LogP contribution >= 0.6 is 0 Å². The molecule has 110 valence electrons. The highest BCUT2D eigenvalue weighted by Crippen LogP contribution is 2.09. The second-order valence-electron chi connectivity index (χ2n) is 5.75. The van der Waals surface area contributed by atoms with Gasteiger partial charge in [-0.25, -0.2) is 9.59 Å². The van der Waals surface area contributed by atoms with Gasteiger partial charge in [-0.05, 0) is 26.3 Å². The summed E-state index contributed by atoms with van der Waals surface area (Å²) in [6, 6.07) is -0.775. The first-order valence-corrected chi connectivity index (χ1v) is 6.79. The molecule has 0 aliphatic carbocycles. The average molecular weight is 271 g/mol. The number of urea groups is 1. The molecular formula is C13H25N3O3. The number of amides is 2. The molecule has 0 spiro atoms. The molecule has 1 rings (SSSR count). The van der Waals surface area contributed by atoms with Crippen molar-refractivity contribution in [3.8, 4) is 0 Å². The molecule has 1 aliphatic heterocycles. The maximum Gasteiger partial charge on any atom is 0.326 e. The predicted octanol–water partition coefficient (Wildman–Crippen LogP) is 0.831. The summed E-state index contributed by atoms with van der Waals surface area (Å²) in [7, 11) is 2.03. The molecule has 1 heterocycles. The number of rotatable bonds is 4. The minimum absolute atomic E-state index is 0.229. The fourth-order valence-electron chi connectivity index (χ4n) is 2.17. The summed E-state index contributed by atoms with van der Waals surface area (Å²) >= 11 is 0. The first-order chi connectivity index (χ1) is 8.81. The Labute approximate surface area is 114 Å². The lowest BCUT2D eigenvalue weighted by Crippen LogP contribution is -2.56. The van der Waals surface area contributed by atoms with Crippen LogP contribution in [0.25, 0.3) is 0 Å². The van der Waals surface area contributed by atoms with Crippen molar-refractivity contribution in [3.05, 3.63) is 0 Å². The van der Waals surface area contributed by atoms with Gasteiger partial charge in [-0.2, -0.15) is 0 Å². The highest BCUT2D eigenvalue weighted by atomic mass is 16.4. The SMILES string of the molecule is CC(C)C[C@@H](NC(=O)N1CCN(C)C(C)C1)C(=O)O. The topological polar surface area (TPSA) is 72.9 Å². The molecule has 6 nitrogen and oxygen atoms in total. The highest BCUT2D eigenvalue weighted by Gasteiger charge is 2.28. The quantitative estimate of drug-likeness (QED) is 0.794. The van der Waals surface area contributed by atoms with Crippen molar-refractivity contribution in [2.75, 3.05) is 26.7 Å². The Morgan fingerprint density at radius 2 is 2.00 bits per heavy atom. The zero-order valence-electron chi connectivity index (χ0n) is 12.2. The van der Waals surface area contributed by atoms with Gasteiger partial charge >= 0.3 is 12.0 Å². The van der Waals surface area contributed by atoms with Gasteiger partial charge in [0.25, 0.3) is 0 Å². The van der Waals surface area contributed by atoms with E-state index in [1.54, 1.807) is 4.90 Å². The predicted molar refractivity (Wildman–Crippen MR) is 73.1 cm³/mol. The van der Waals surface area contributed by atoms with Crippen molar-refractivity contribution in [1.82, 2.24) is 15.1 Å². The van der Waals surface area contributed by atoms with Crippen molar-refractivity contribution >= 4 is 12.0 Å². The lowest BCUT2D eigenvalue weighted by atomic mass is 10.0. The molecule has 2 amide bonds. The van der Waals surface area contributed by atoms with Gasteiger partial charge in [-0.1, -0.05) is 13.8 Å². The van der Waals surface area contributed by atoms with Gasteiger partial charge in [0.15, 0.2) is 0 Å². The molecule has 0 aromatic heterocycles. The summed E-state index contributed by atoms with van der Waals surface area (Å²) in [6.45, 7) is 8.04. The fraction of sp³-hybridized carbons (Fsp3) is 0.846. The maximum atomic E-state index is 12.1. The molecule has 0 radical (unpaired) electrons. The molecule has 1 unspecified atom stereocenters. The Balaban J connectivity index is 2.55. The normalized spacial score (nSPS) is 22.4. The van der Waals surface area contributed by atoms with Gasteiger partial charge in [0.05, 0.1) is 0 Å². The Kier molecular flexibility index (Phi) is 5.60. The van der Waals surface area contributed by atoms with E-state index < -0.39 is 12.0 Å². The molecule has 6 heteroatoms. The van der Waals surface area contributed by atoms with Gasteiger partial charge in [0.2, 0.25) is 0 Å². The Hall–Kier alpha value is -1.30. The van der Waals surface area contributed by atoms with E-state index >= 15 is 0 Å². The van der Waals surface area contributed by atoms with E-state index in [1.807, 2.05) is 20.9 Å². The van der Waals surface area contributed by atoms with Crippen molar-refractivity contribution in [1.29, 1.82) is 0 Å². The van der Waals surface area contributed by atoms with E-state index in [-0.39, 0.29) is 11.9 Å². The van der Waals surface area contributed by atoms with E-state index in [1.165, 1.54) is 0 Å². The number of piperazine rings is 1. The number of aliphatic carboxylic acids is 1. The molecule has 0 bridgehead atoms. The Morgan fingerprint density at radius 1 is 1.37 bits per heavy atom. The van der Waals surface area contributed by atoms with Crippen LogP contribution in [-0.4, -0.2) is 65.7 Å². The number of carboxylic acids is 1. The van der Waals surface area contributed by atoms with Crippen molar-refractivity contribution < 1.29 is 14.7 Å². The van der Waals surface area contributed by atoms with Crippen LogP contribution in [0.5, 0.6) is 0 Å². The van der Waals surface area contributed by atoms with Gasteiger partial charge in [-0.15, -0.1) is 0 Å². The zero-order chi connectivity index (χ0) is 14.6. The van der Waals surface area contributed by atoms with Crippen LogP contribution in [0, 0.1) is 5.92 Å². The fourth-order valence-corrected chi connectivity index (χ4v) is 2.17. The molecule has 2 N–H and O–H groups in total. The third kappa shape index (κ3) is 4.70. The standard InChI is InChI=1S/C13H25N3O3/c1-9(2)7-11(12(17)18)14-13(19)16-6-5-15(4)10(3)8-16/h9-11H,5-8H2,1-4H3,(H,14,19)(H,17,18)/t10?,11-/m1/s1. The summed E-state index contributed by atoms with van der Waals surface area (Å²) in [5, 5.41) is 11.7. The largest absolute Gasteiger partial charge is 0.480 e. The van der Waals surface area contributed by atoms with Gasteiger partial charge in [0, 0.05) is 25.7 Å². The molecular weight excluding hydrogens is 246 g/mol. The van der Waals surface area contributed by atoms with E-state index in [0.29, 0.717) is 25.6 Å². The first kappa shape index (κ1) is 15.8. The van der Waals surface area contributed by atoms with Gasteiger partial charge in [-0.3, -0.25) is 0 Å². The van der Waals surface area contributed by atoms with Crippen molar-refractivity contribution in [3.63, 3.8) is 0 Å². The second kappa shape index (κ2) is 6.75. The van der Waals surface area contributed by atoms with E-state index in [2.05, 4.69) is 17.1 Å². The second-order valence-corrected chi connectivity index (χ2v) is 5.75. The molecule has 1 fully saturated rings. The van der Waals surface area contributed by atoms with Crippen LogP contribution in [0.4, 0.5) is 4.79 Å². The van der Waals surface area contributed by atoms with Crippen molar-refractivity contribution in [2.24, 2.45) is 5.92 Å². The monoisotopic (exact) mass is 271 g/mol. The van der Waals surface area contributed by atoms with Crippen LogP contribution in [0.3, 0.4) is 0 Å². The number of carbonyl (C=O) groups is 2. The number of carbonyl (C=O) groups excluding carboxylic acids is 1. The molecule has 1 saturated heterocycles. The molecule has 1 aliphatic rings. The Bertz CT molecular complexity index is 333. The molecule has 0 aromatic rings. The first-order valence-electron chi connectivity index (χ1n) is 6.79. The summed E-state index contributed by atoms with van der Waals surface area (Å²) in [5.41, 5.74) is 0. The number of carboxylic acid groups (broad SMARTS) is 1. The molecule has 0 aromatic carbocycles. The van der Waals surface area contributed by atoms with Gasteiger partial charge in [0.1, 0.15) is 6.04 Å². The third-order valence-electron chi connectivity index (χ3n) is 3.55. The highest BCUT2D eigenvalue weighted by molar-refractivity contribution is 5.82. The lowest BCUT2D eigenvalue weighted by Gasteiger charge is -2.38. The minimum atomic E-state index is -0.968. The smallest absolute Gasteiger partial charge is 0.326 e. The van der Waals surface area contributed by atoms with E-state index in [9.17, 15) is 9.59 Å². The van der Waals surface area contributed by atoms with Crippen LogP contribution in [0.1, 0.15) is 27.2 Å². The van der Waals surface area contributed by atoms with Crippen LogP contribution in [-0.2, 0) is 4.79 Å². The third-order valence-corrected chi connectivity index (χ3v) is 3.55. The lowest BCUT2D eigenvalue weighted by molar-refractivity contribution is -0.139. The maximum absolute atomic E-state index is 12.1. The van der Waals surface area contributed by atoms with E-state index in [4.69, 9.17) is 5.11 Å². The number of nitrogens with one attached hydrogen (secondary N) is 1. The van der Waals surface area contributed by atoms with Crippen LogP contribution < -0.4 is 5.32 Å². The number of hydrogen-bond acceptors (Lipinski definition) is 3. The summed E-state index contributed by atoms with van der Waals surface area (Å²) in [5.74, 6) is -0.739. The zero-order valence-corrected chi connectivity index (χ0v) is 12.2. The van der Waals surface area contributed by atoms with Crippen LogP contribution in [0.2, 0.25) is 0 Å². The van der Waals surface area contributed by atoms with Crippen LogP contribution in [0.15, 0.2) is 0 Å². The summed E-state index contributed by atoms with van der Waals surface area (Å²) in [6.07, 6.45) is 0.449. The molecule has 0 saturated carbocycles. The minimum Gasteiger partial charge on any atom is -0.480 e. The Morgan fingerprint density at radius 3 is 2.47 bits per heavy atom. The molecule has 2 atom stereocenters. The summed E-state index contributed by atoms with van der Waals surface area (Å²) in [4.78, 5) is 27.1. The number of nitrogens with zero attached hydrogens (tertiary/aromatic N) is 2. The molecule has 19 heavy (non-hydrogen) atoms.